The maximum atomic E-state index is 6.58. The van der Waals surface area contributed by atoms with Crippen LogP contribution in [0.4, 0.5) is 0 Å². The van der Waals surface area contributed by atoms with Crippen LogP contribution in [-0.2, 0) is 51.4 Å². The lowest BCUT2D eigenvalue weighted by atomic mass is 9.89. The lowest BCUT2D eigenvalue weighted by molar-refractivity contribution is 0.524. The number of nitrogens with two attached hydrogens (primary N) is 2. The fraction of sp³-hybridized carbons (Fsp3) is 0.600. The van der Waals surface area contributed by atoms with E-state index in [4.69, 9.17) is 11.5 Å². The third-order valence-electron chi connectivity index (χ3n) is 7.07. The van der Waals surface area contributed by atoms with E-state index in [1.807, 2.05) is 0 Å². The average Bonchev–Trinajstić information content (AvgIpc) is 2.83. The van der Waals surface area contributed by atoms with Gasteiger partial charge >= 0.3 is 0 Å². The van der Waals surface area contributed by atoms with Gasteiger partial charge in [0.15, 0.2) is 0 Å². The molecule has 0 saturated carbocycles. The Morgan fingerprint density at radius 2 is 0.848 bits per heavy atom. The van der Waals surface area contributed by atoms with Gasteiger partial charge in [0, 0.05) is 25.2 Å². The molecular formula is C30H49N3. The van der Waals surface area contributed by atoms with E-state index >= 15 is 0 Å². The second-order valence-corrected chi connectivity index (χ2v) is 9.49. The first-order valence-electron chi connectivity index (χ1n) is 13.4. The molecule has 2 atom stereocenters. The summed E-state index contributed by atoms with van der Waals surface area (Å²) in [5, 5.41) is 3.57. The molecule has 3 heteroatoms. The van der Waals surface area contributed by atoms with Crippen molar-refractivity contribution in [1.29, 1.82) is 0 Å². The van der Waals surface area contributed by atoms with Crippen molar-refractivity contribution in [1.82, 2.24) is 5.32 Å². The molecule has 0 fully saturated rings. The molecule has 33 heavy (non-hydrogen) atoms. The summed E-state index contributed by atoms with van der Waals surface area (Å²) < 4.78 is 0. The average molecular weight is 452 g/mol. The van der Waals surface area contributed by atoms with Crippen molar-refractivity contribution in [3.63, 3.8) is 0 Å². The van der Waals surface area contributed by atoms with Crippen LogP contribution in [0.25, 0.3) is 0 Å². The van der Waals surface area contributed by atoms with Crippen LogP contribution in [-0.4, -0.2) is 25.2 Å². The van der Waals surface area contributed by atoms with Gasteiger partial charge in [0.1, 0.15) is 0 Å². The van der Waals surface area contributed by atoms with E-state index in [0.29, 0.717) is 0 Å². The highest BCUT2D eigenvalue weighted by atomic mass is 14.9. The van der Waals surface area contributed by atoms with Gasteiger partial charge in [0.25, 0.3) is 0 Å². The van der Waals surface area contributed by atoms with Gasteiger partial charge in [-0.2, -0.15) is 0 Å². The third-order valence-corrected chi connectivity index (χ3v) is 7.07. The smallest absolute Gasteiger partial charge is 0.0206 e. The first-order chi connectivity index (χ1) is 15.9. The molecule has 0 aliphatic carbocycles. The molecule has 184 valence electrons. The van der Waals surface area contributed by atoms with Gasteiger partial charge in [-0.3, -0.25) is 0 Å². The van der Waals surface area contributed by atoms with Gasteiger partial charge in [-0.1, -0.05) is 65.8 Å². The van der Waals surface area contributed by atoms with Gasteiger partial charge in [0.2, 0.25) is 0 Å². The summed E-state index contributed by atoms with van der Waals surface area (Å²) in [5.74, 6) is 0. The van der Waals surface area contributed by atoms with Crippen LogP contribution in [0, 0.1) is 0 Å². The highest BCUT2D eigenvalue weighted by Crippen LogP contribution is 2.23. The molecule has 0 bridgehead atoms. The fourth-order valence-corrected chi connectivity index (χ4v) is 5.06. The quantitative estimate of drug-likeness (QED) is 0.375. The largest absolute Gasteiger partial charge is 0.326 e. The van der Waals surface area contributed by atoms with Crippen LogP contribution < -0.4 is 16.8 Å². The first kappa shape index (κ1) is 27.6. The minimum Gasteiger partial charge on any atom is -0.326 e. The molecular weight excluding hydrogens is 402 g/mol. The number of rotatable bonds is 14. The molecule has 0 heterocycles. The van der Waals surface area contributed by atoms with Crippen molar-refractivity contribution in [2.24, 2.45) is 11.5 Å². The van der Waals surface area contributed by atoms with Crippen LogP contribution in [0.15, 0.2) is 24.3 Å². The number of hydrogen-bond donors (Lipinski definition) is 3. The zero-order valence-corrected chi connectivity index (χ0v) is 22.2. The summed E-state index contributed by atoms with van der Waals surface area (Å²) >= 11 is 0. The molecule has 2 aromatic rings. The molecule has 2 unspecified atom stereocenters. The zero-order valence-electron chi connectivity index (χ0n) is 22.2. The van der Waals surface area contributed by atoms with Crippen molar-refractivity contribution in [3.8, 4) is 0 Å². The fourth-order valence-electron chi connectivity index (χ4n) is 5.06. The normalized spacial score (nSPS) is 13.3. The molecule has 0 spiro atoms. The van der Waals surface area contributed by atoms with Crippen LogP contribution in [0.3, 0.4) is 0 Å². The second-order valence-electron chi connectivity index (χ2n) is 9.49. The van der Waals surface area contributed by atoms with Crippen LogP contribution in [0.2, 0.25) is 0 Å². The van der Waals surface area contributed by atoms with Crippen molar-refractivity contribution in [2.75, 3.05) is 13.1 Å². The summed E-state index contributed by atoms with van der Waals surface area (Å²) in [6.07, 6.45) is 8.30. The maximum absolute atomic E-state index is 6.58. The Bertz CT molecular complexity index is 749. The second kappa shape index (κ2) is 13.9. The van der Waals surface area contributed by atoms with Gasteiger partial charge in [-0.25, -0.2) is 0 Å². The van der Waals surface area contributed by atoms with Crippen molar-refractivity contribution in [3.05, 3.63) is 68.8 Å². The van der Waals surface area contributed by atoms with E-state index in [0.717, 1.165) is 64.5 Å². The summed E-state index contributed by atoms with van der Waals surface area (Å²) in [6, 6.07) is 9.72. The Balaban J connectivity index is 1.97. The van der Waals surface area contributed by atoms with Gasteiger partial charge < -0.3 is 16.8 Å². The molecule has 3 nitrogen and oxygen atoms in total. The standard InChI is InChI=1S/C30H49N3/c1-7-21-13-23(9-3)29(24(10-4)14-21)17-27(31)19-33-20-28(32)18-30-25(11-5)15-22(8-2)16-26(30)12-6/h13-16,27-28,33H,7-12,17-20,31-32H2,1-6H3. The topological polar surface area (TPSA) is 64.1 Å². The number of aryl methyl sites for hydroxylation is 6. The maximum Gasteiger partial charge on any atom is 0.0206 e. The molecule has 0 aromatic heterocycles. The Kier molecular flexibility index (Phi) is 11.6. The molecule has 0 radical (unpaired) electrons. The highest BCUT2D eigenvalue weighted by Gasteiger charge is 2.15. The molecule has 5 N–H and O–H groups in total. The lowest BCUT2D eigenvalue weighted by Crippen LogP contribution is -2.42. The first-order valence-corrected chi connectivity index (χ1v) is 13.4. The molecule has 0 aliphatic rings. The lowest BCUT2D eigenvalue weighted by Gasteiger charge is -2.22. The summed E-state index contributed by atoms with van der Waals surface area (Å²) in [7, 11) is 0. The zero-order chi connectivity index (χ0) is 24.4. The molecule has 2 aromatic carbocycles. The Morgan fingerprint density at radius 3 is 1.09 bits per heavy atom. The van der Waals surface area contributed by atoms with E-state index in [-0.39, 0.29) is 12.1 Å². The Labute approximate surface area is 203 Å². The summed E-state index contributed by atoms with van der Waals surface area (Å²) in [4.78, 5) is 0. The SMILES string of the molecule is CCc1cc(CC)c(CC(N)CNCC(N)Cc2c(CC)cc(CC)cc2CC)c(CC)c1. The van der Waals surface area contributed by atoms with Gasteiger partial charge in [-0.05, 0) is 95.9 Å². The molecule has 0 amide bonds. The molecule has 2 rings (SSSR count). The van der Waals surface area contributed by atoms with E-state index < -0.39 is 0 Å². The van der Waals surface area contributed by atoms with Crippen LogP contribution >= 0.6 is 0 Å². The molecule has 0 saturated heterocycles. The van der Waals surface area contributed by atoms with Crippen molar-refractivity contribution >= 4 is 0 Å². The predicted molar refractivity (Wildman–Crippen MR) is 145 cm³/mol. The highest BCUT2D eigenvalue weighted by molar-refractivity contribution is 5.41. The van der Waals surface area contributed by atoms with Gasteiger partial charge in [0.05, 0.1) is 0 Å². The van der Waals surface area contributed by atoms with E-state index in [9.17, 15) is 0 Å². The summed E-state index contributed by atoms with van der Waals surface area (Å²) in [5.41, 5.74) is 24.8. The van der Waals surface area contributed by atoms with Gasteiger partial charge in [-0.15, -0.1) is 0 Å². The minimum absolute atomic E-state index is 0.0986. The van der Waals surface area contributed by atoms with Crippen molar-refractivity contribution in [2.45, 2.75) is 105 Å². The van der Waals surface area contributed by atoms with E-state index in [1.165, 1.54) is 44.5 Å². The van der Waals surface area contributed by atoms with E-state index in [2.05, 4.69) is 71.1 Å². The van der Waals surface area contributed by atoms with Crippen molar-refractivity contribution < 1.29 is 0 Å². The Morgan fingerprint density at radius 1 is 0.545 bits per heavy atom. The monoisotopic (exact) mass is 451 g/mol. The van der Waals surface area contributed by atoms with Crippen LogP contribution in [0.1, 0.15) is 86.1 Å². The number of benzene rings is 2. The third kappa shape index (κ3) is 7.67. The molecule has 0 aliphatic heterocycles. The minimum atomic E-state index is 0.0986. The number of nitrogens with one attached hydrogen (secondary N) is 1. The van der Waals surface area contributed by atoms with Crippen LogP contribution in [0.5, 0.6) is 0 Å². The predicted octanol–water partition coefficient (Wildman–Crippen LogP) is 5.09. The number of hydrogen-bond acceptors (Lipinski definition) is 3. The van der Waals surface area contributed by atoms with E-state index in [1.54, 1.807) is 0 Å². The Hall–Kier alpha value is -1.68. The summed E-state index contributed by atoms with van der Waals surface area (Å²) in [6.45, 7) is 15.1.